The van der Waals surface area contributed by atoms with E-state index in [9.17, 15) is 4.79 Å². The van der Waals surface area contributed by atoms with Crippen LogP contribution in [0, 0.1) is 0 Å². The van der Waals surface area contributed by atoms with E-state index in [0.29, 0.717) is 19.5 Å². The molecule has 1 atom stereocenters. The highest BCUT2D eigenvalue weighted by molar-refractivity contribution is 5.94. The van der Waals surface area contributed by atoms with Crippen LogP contribution >= 0.6 is 0 Å². The van der Waals surface area contributed by atoms with Gasteiger partial charge in [-0.2, -0.15) is 0 Å². The molecule has 2 aromatic rings. The average Bonchev–Trinajstić information content (AvgIpc) is 2.77. The summed E-state index contributed by atoms with van der Waals surface area (Å²) in [6.07, 6.45) is 0.481. The second-order valence-corrected chi connectivity index (χ2v) is 7.62. The fourth-order valence-electron chi connectivity index (χ4n) is 3.85. The van der Waals surface area contributed by atoms with Crippen LogP contribution < -0.4 is 16.0 Å². The standard InChI is InChI=1S/C24H33N5O/c1-4-29(5-2)17-19-10-8-9-18(13-19)15-26-24(25-3)27-16-20-14-23(30)28-22-12-7-6-11-21(20)22/h6-13,20H,4-5,14-17H2,1-3H3,(H,28,30)(H2,25,26,27). The van der Waals surface area contributed by atoms with Crippen LogP contribution in [0.1, 0.15) is 42.9 Å². The van der Waals surface area contributed by atoms with E-state index < -0.39 is 0 Å². The van der Waals surface area contributed by atoms with Gasteiger partial charge in [0.1, 0.15) is 0 Å². The summed E-state index contributed by atoms with van der Waals surface area (Å²) in [5.41, 5.74) is 4.63. The Kier molecular flexibility index (Phi) is 7.85. The van der Waals surface area contributed by atoms with Gasteiger partial charge in [-0.25, -0.2) is 0 Å². The highest BCUT2D eigenvalue weighted by Gasteiger charge is 2.24. The van der Waals surface area contributed by atoms with Gasteiger partial charge < -0.3 is 16.0 Å². The topological polar surface area (TPSA) is 68.8 Å². The first-order valence-corrected chi connectivity index (χ1v) is 10.8. The monoisotopic (exact) mass is 407 g/mol. The van der Waals surface area contributed by atoms with E-state index in [1.165, 1.54) is 16.7 Å². The SMILES string of the molecule is CCN(CC)Cc1cccc(CNC(=NC)NCC2CC(=O)Nc3ccccc32)c1. The Labute approximate surface area is 179 Å². The van der Waals surface area contributed by atoms with Gasteiger partial charge in [-0.15, -0.1) is 0 Å². The lowest BCUT2D eigenvalue weighted by atomic mass is 9.90. The first kappa shape index (κ1) is 21.8. The van der Waals surface area contributed by atoms with Crippen molar-refractivity contribution in [3.63, 3.8) is 0 Å². The molecule has 0 radical (unpaired) electrons. The van der Waals surface area contributed by atoms with E-state index in [1.54, 1.807) is 7.05 Å². The molecule has 1 aliphatic rings. The normalized spacial score (nSPS) is 16.2. The molecule has 1 aliphatic heterocycles. The predicted octanol–water partition coefficient (Wildman–Crippen LogP) is 3.32. The molecule has 1 unspecified atom stereocenters. The number of carbonyl (C=O) groups excluding carboxylic acids is 1. The third-order valence-corrected chi connectivity index (χ3v) is 5.60. The van der Waals surface area contributed by atoms with Crippen molar-refractivity contribution in [2.45, 2.75) is 39.3 Å². The number of hydrogen-bond acceptors (Lipinski definition) is 3. The highest BCUT2D eigenvalue weighted by Crippen LogP contribution is 2.31. The second kappa shape index (κ2) is 10.8. The maximum absolute atomic E-state index is 12.0. The Hall–Kier alpha value is -2.86. The van der Waals surface area contributed by atoms with Crippen LogP contribution in [0.5, 0.6) is 0 Å². The van der Waals surface area contributed by atoms with Gasteiger partial charge in [-0.3, -0.25) is 14.7 Å². The van der Waals surface area contributed by atoms with Crippen LogP contribution in [0.15, 0.2) is 53.5 Å². The fraction of sp³-hybridized carbons (Fsp3) is 0.417. The molecule has 0 fully saturated rings. The third-order valence-electron chi connectivity index (χ3n) is 5.60. The third kappa shape index (κ3) is 5.83. The Morgan fingerprint density at radius 1 is 1.10 bits per heavy atom. The number of carbonyl (C=O) groups is 1. The Morgan fingerprint density at radius 3 is 2.63 bits per heavy atom. The van der Waals surface area contributed by atoms with Crippen molar-refractivity contribution in [3.05, 3.63) is 65.2 Å². The molecule has 1 amide bonds. The van der Waals surface area contributed by atoms with E-state index in [-0.39, 0.29) is 11.8 Å². The van der Waals surface area contributed by atoms with Gasteiger partial charge in [0, 0.05) is 44.7 Å². The number of para-hydroxylation sites is 1. The van der Waals surface area contributed by atoms with Crippen molar-refractivity contribution < 1.29 is 4.79 Å². The summed E-state index contributed by atoms with van der Waals surface area (Å²) < 4.78 is 0. The van der Waals surface area contributed by atoms with E-state index in [0.717, 1.165) is 31.3 Å². The fourth-order valence-corrected chi connectivity index (χ4v) is 3.85. The van der Waals surface area contributed by atoms with Gasteiger partial charge in [-0.1, -0.05) is 56.3 Å². The summed E-state index contributed by atoms with van der Waals surface area (Å²) in [5, 5.41) is 9.73. The largest absolute Gasteiger partial charge is 0.356 e. The minimum Gasteiger partial charge on any atom is -0.356 e. The molecule has 160 valence electrons. The zero-order chi connectivity index (χ0) is 21.3. The smallest absolute Gasteiger partial charge is 0.225 e. The lowest BCUT2D eigenvalue weighted by molar-refractivity contribution is -0.116. The van der Waals surface area contributed by atoms with Gasteiger partial charge in [-0.05, 0) is 35.8 Å². The number of aliphatic imine (C=N–C) groups is 1. The quantitative estimate of drug-likeness (QED) is 0.464. The molecule has 30 heavy (non-hydrogen) atoms. The predicted molar refractivity (Wildman–Crippen MR) is 124 cm³/mol. The summed E-state index contributed by atoms with van der Waals surface area (Å²) in [7, 11) is 1.77. The van der Waals surface area contributed by atoms with Crippen molar-refractivity contribution in [1.82, 2.24) is 15.5 Å². The first-order valence-electron chi connectivity index (χ1n) is 10.8. The molecular formula is C24H33N5O. The Balaban J connectivity index is 1.55. The molecule has 0 bridgehead atoms. The molecule has 1 heterocycles. The van der Waals surface area contributed by atoms with Gasteiger partial charge in [0.05, 0.1) is 0 Å². The molecular weight excluding hydrogens is 374 g/mol. The highest BCUT2D eigenvalue weighted by atomic mass is 16.1. The minimum absolute atomic E-state index is 0.0634. The molecule has 0 saturated heterocycles. The number of guanidine groups is 1. The van der Waals surface area contributed by atoms with Crippen molar-refractivity contribution in [3.8, 4) is 0 Å². The summed E-state index contributed by atoms with van der Waals surface area (Å²) in [6, 6.07) is 16.7. The molecule has 6 heteroatoms. The number of fused-ring (bicyclic) bond motifs is 1. The number of nitrogens with one attached hydrogen (secondary N) is 3. The van der Waals surface area contributed by atoms with E-state index >= 15 is 0 Å². The number of rotatable bonds is 8. The Bertz CT molecular complexity index is 875. The van der Waals surface area contributed by atoms with Gasteiger partial charge in [0.25, 0.3) is 0 Å². The lowest BCUT2D eigenvalue weighted by Crippen LogP contribution is -2.40. The lowest BCUT2D eigenvalue weighted by Gasteiger charge is -2.26. The van der Waals surface area contributed by atoms with E-state index in [1.807, 2.05) is 18.2 Å². The van der Waals surface area contributed by atoms with Crippen molar-refractivity contribution in [2.24, 2.45) is 4.99 Å². The van der Waals surface area contributed by atoms with Crippen molar-refractivity contribution >= 4 is 17.6 Å². The van der Waals surface area contributed by atoms with Crippen LogP contribution in [0.25, 0.3) is 0 Å². The van der Waals surface area contributed by atoms with Crippen LogP contribution in [0.3, 0.4) is 0 Å². The van der Waals surface area contributed by atoms with Crippen molar-refractivity contribution in [2.75, 3.05) is 32.0 Å². The zero-order valence-corrected chi connectivity index (χ0v) is 18.2. The summed E-state index contributed by atoms with van der Waals surface area (Å²) in [5.74, 6) is 0.937. The molecule has 6 nitrogen and oxygen atoms in total. The van der Waals surface area contributed by atoms with Gasteiger partial charge in [0.15, 0.2) is 5.96 Å². The number of nitrogens with zero attached hydrogens (tertiary/aromatic N) is 2. The summed E-state index contributed by atoms with van der Waals surface area (Å²) in [6.45, 7) is 8.82. The van der Waals surface area contributed by atoms with Crippen LogP contribution in [0.4, 0.5) is 5.69 Å². The Morgan fingerprint density at radius 2 is 1.87 bits per heavy atom. The van der Waals surface area contributed by atoms with Crippen molar-refractivity contribution in [1.29, 1.82) is 0 Å². The summed E-state index contributed by atoms with van der Waals surface area (Å²) in [4.78, 5) is 18.8. The van der Waals surface area contributed by atoms with Crippen LogP contribution in [-0.2, 0) is 17.9 Å². The maximum Gasteiger partial charge on any atom is 0.225 e. The molecule has 2 aromatic carbocycles. The van der Waals surface area contributed by atoms with Crippen LogP contribution in [-0.4, -0.2) is 43.4 Å². The van der Waals surface area contributed by atoms with E-state index in [4.69, 9.17) is 0 Å². The summed E-state index contributed by atoms with van der Waals surface area (Å²) >= 11 is 0. The zero-order valence-electron chi connectivity index (χ0n) is 18.2. The van der Waals surface area contributed by atoms with Crippen LogP contribution in [0.2, 0.25) is 0 Å². The number of hydrogen-bond donors (Lipinski definition) is 3. The number of benzene rings is 2. The molecule has 3 rings (SSSR count). The minimum atomic E-state index is 0.0634. The number of amides is 1. The molecule has 0 saturated carbocycles. The van der Waals surface area contributed by atoms with Gasteiger partial charge in [0.2, 0.25) is 5.91 Å². The average molecular weight is 408 g/mol. The number of anilines is 1. The molecule has 0 aliphatic carbocycles. The first-order chi connectivity index (χ1) is 14.6. The molecule has 0 spiro atoms. The molecule has 3 N–H and O–H groups in total. The second-order valence-electron chi connectivity index (χ2n) is 7.62. The molecule has 0 aromatic heterocycles. The maximum atomic E-state index is 12.0. The van der Waals surface area contributed by atoms with E-state index in [2.05, 4.69) is 70.0 Å². The van der Waals surface area contributed by atoms with Gasteiger partial charge >= 0.3 is 0 Å².